The van der Waals surface area contributed by atoms with Crippen LogP contribution < -0.4 is 10.5 Å². The molecule has 0 unspecified atom stereocenters. The molecule has 0 amide bonds. The lowest BCUT2D eigenvalue weighted by atomic mass is 10.6. The number of aromatic amines is 1. The second-order valence-corrected chi connectivity index (χ2v) is 3.75. The van der Waals surface area contributed by atoms with Gasteiger partial charge >= 0.3 is 0 Å². The first kappa shape index (κ1) is 8.18. The van der Waals surface area contributed by atoms with Crippen molar-refractivity contribution < 1.29 is 0 Å². The van der Waals surface area contributed by atoms with Gasteiger partial charge < -0.3 is 9.88 Å². The molecular formula is C7H8N4OS. The van der Waals surface area contributed by atoms with Crippen LogP contribution in [0, 0.1) is 0 Å². The number of thiazole rings is 1. The molecule has 0 atom stereocenters. The normalized spacial score (nSPS) is 10.6. The Labute approximate surface area is 78.1 Å². The lowest BCUT2D eigenvalue weighted by molar-refractivity contribution is 1.10. The van der Waals surface area contributed by atoms with Gasteiger partial charge in [-0.2, -0.15) is 4.98 Å². The fourth-order valence-electron chi connectivity index (χ4n) is 0.945. The summed E-state index contributed by atoms with van der Waals surface area (Å²) in [5.41, 5.74) is 0.382. The number of nitrogens with zero attached hydrogens (tertiary/aromatic N) is 3. The van der Waals surface area contributed by atoms with Crippen molar-refractivity contribution in [1.29, 1.82) is 0 Å². The lowest BCUT2D eigenvalue weighted by Crippen LogP contribution is -2.07. The second-order valence-electron chi connectivity index (χ2n) is 2.78. The van der Waals surface area contributed by atoms with Gasteiger partial charge in [0.1, 0.15) is 4.70 Å². The van der Waals surface area contributed by atoms with Gasteiger partial charge in [0.2, 0.25) is 0 Å². The van der Waals surface area contributed by atoms with E-state index in [1.54, 1.807) is 0 Å². The van der Waals surface area contributed by atoms with Crippen LogP contribution >= 0.6 is 11.3 Å². The third-order valence-electron chi connectivity index (χ3n) is 1.57. The smallest absolute Gasteiger partial charge is 0.270 e. The minimum absolute atomic E-state index is 0.129. The third kappa shape index (κ3) is 1.29. The Balaban J connectivity index is 2.76. The number of rotatable bonds is 1. The highest BCUT2D eigenvalue weighted by Crippen LogP contribution is 2.22. The number of anilines is 1. The molecule has 13 heavy (non-hydrogen) atoms. The highest BCUT2D eigenvalue weighted by Gasteiger charge is 2.08. The van der Waals surface area contributed by atoms with Gasteiger partial charge in [-0.3, -0.25) is 4.79 Å². The average Bonchev–Trinajstić information content (AvgIpc) is 2.49. The molecule has 0 saturated heterocycles. The first-order valence-corrected chi connectivity index (χ1v) is 4.51. The minimum atomic E-state index is -0.129. The van der Waals surface area contributed by atoms with E-state index in [0.717, 1.165) is 5.13 Å². The summed E-state index contributed by atoms with van der Waals surface area (Å²) in [4.78, 5) is 23.8. The van der Waals surface area contributed by atoms with Crippen LogP contribution in [0.5, 0.6) is 0 Å². The molecule has 2 rings (SSSR count). The molecule has 0 aliphatic rings. The number of aromatic nitrogens is 3. The Hall–Kier alpha value is -1.43. The van der Waals surface area contributed by atoms with Crippen LogP contribution in [0.1, 0.15) is 0 Å². The molecule has 0 aliphatic heterocycles. The van der Waals surface area contributed by atoms with Gasteiger partial charge in [-0.25, -0.2) is 4.98 Å². The number of nitrogens with one attached hydrogen (secondary N) is 1. The van der Waals surface area contributed by atoms with Gasteiger partial charge in [0.15, 0.2) is 10.8 Å². The Morgan fingerprint density at radius 3 is 2.92 bits per heavy atom. The summed E-state index contributed by atoms with van der Waals surface area (Å²) in [7, 11) is 3.76. The largest absolute Gasteiger partial charge is 0.354 e. The van der Waals surface area contributed by atoms with E-state index in [1.165, 1.54) is 17.7 Å². The van der Waals surface area contributed by atoms with Crippen molar-refractivity contribution in [3.05, 3.63) is 16.7 Å². The average molecular weight is 196 g/mol. The van der Waals surface area contributed by atoms with Gasteiger partial charge in [0.25, 0.3) is 5.56 Å². The van der Waals surface area contributed by atoms with E-state index in [-0.39, 0.29) is 5.56 Å². The molecule has 68 valence electrons. The molecule has 0 spiro atoms. The molecular weight excluding hydrogens is 188 g/mol. The molecule has 0 radical (unpaired) electrons. The molecule has 0 bridgehead atoms. The molecule has 0 saturated carbocycles. The Morgan fingerprint density at radius 1 is 1.54 bits per heavy atom. The van der Waals surface area contributed by atoms with Gasteiger partial charge in [0.05, 0.1) is 6.33 Å². The summed E-state index contributed by atoms with van der Waals surface area (Å²) >= 11 is 1.34. The van der Waals surface area contributed by atoms with Crippen molar-refractivity contribution >= 4 is 26.8 Å². The Bertz CT molecular complexity index is 486. The maximum Gasteiger partial charge on any atom is 0.270 e. The summed E-state index contributed by atoms with van der Waals surface area (Å²) in [5.74, 6) is 0. The fourth-order valence-corrected chi connectivity index (χ4v) is 1.78. The maximum atomic E-state index is 11.3. The number of H-pyrrole nitrogens is 1. The zero-order chi connectivity index (χ0) is 9.42. The van der Waals surface area contributed by atoms with Crippen LogP contribution in [-0.2, 0) is 0 Å². The lowest BCUT2D eigenvalue weighted by Gasteiger charge is -2.04. The quantitative estimate of drug-likeness (QED) is 0.719. The fraction of sp³-hybridized carbons (Fsp3) is 0.286. The molecule has 0 aromatic carbocycles. The molecule has 0 aliphatic carbocycles. The van der Waals surface area contributed by atoms with E-state index < -0.39 is 0 Å². The van der Waals surface area contributed by atoms with Crippen LogP contribution in [0.2, 0.25) is 0 Å². The van der Waals surface area contributed by atoms with Gasteiger partial charge in [-0.1, -0.05) is 11.3 Å². The van der Waals surface area contributed by atoms with Crippen LogP contribution in [0.3, 0.4) is 0 Å². The zero-order valence-electron chi connectivity index (χ0n) is 7.24. The standard InChI is InChI=1S/C7H8N4OS/c1-11(2)7-10-5-4(13-7)6(12)9-3-8-5/h3H,1-2H3,(H,8,9,12). The van der Waals surface area contributed by atoms with E-state index >= 15 is 0 Å². The topological polar surface area (TPSA) is 61.9 Å². The maximum absolute atomic E-state index is 11.3. The molecule has 2 heterocycles. The van der Waals surface area contributed by atoms with Crippen molar-refractivity contribution in [1.82, 2.24) is 15.0 Å². The van der Waals surface area contributed by atoms with Crippen molar-refractivity contribution in [3.8, 4) is 0 Å². The van der Waals surface area contributed by atoms with E-state index in [0.29, 0.717) is 10.3 Å². The van der Waals surface area contributed by atoms with Crippen LogP contribution in [0.15, 0.2) is 11.1 Å². The number of hydrogen-bond acceptors (Lipinski definition) is 5. The SMILES string of the molecule is CN(C)c1nc2nc[nH]c(=O)c2s1. The van der Waals surface area contributed by atoms with Gasteiger partial charge in [-0.15, -0.1) is 0 Å². The molecule has 6 heteroatoms. The summed E-state index contributed by atoms with van der Waals surface area (Å²) in [6.45, 7) is 0. The number of fused-ring (bicyclic) bond motifs is 1. The monoisotopic (exact) mass is 196 g/mol. The summed E-state index contributed by atoms with van der Waals surface area (Å²) in [6, 6.07) is 0. The molecule has 1 N–H and O–H groups in total. The summed E-state index contributed by atoms with van der Waals surface area (Å²) in [5, 5.41) is 0.791. The minimum Gasteiger partial charge on any atom is -0.354 e. The Morgan fingerprint density at radius 2 is 2.31 bits per heavy atom. The van der Waals surface area contributed by atoms with Gasteiger partial charge in [-0.05, 0) is 0 Å². The zero-order valence-corrected chi connectivity index (χ0v) is 8.05. The van der Waals surface area contributed by atoms with Crippen molar-refractivity contribution in [2.45, 2.75) is 0 Å². The van der Waals surface area contributed by atoms with Crippen LogP contribution in [-0.4, -0.2) is 29.0 Å². The predicted octanol–water partition coefficient (Wildman–Crippen LogP) is 0.446. The van der Waals surface area contributed by atoms with Crippen molar-refractivity contribution in [2.24, 2.45) is 0 Å². The Kier molecular flexibility index (Phi) is 1.77. The first-order chi connectivity index (χ1) is 6.18. The van der Waals surface area contributed by atoms with Crippen molar-refractivity contribution in [2.75, 3.05) is 19.0 Å². The molecule has 0 fully saturated rings. The molecule has 2 aromatic heterocycles. The molecule has 5 nitrogen and oxygen atoms in total. The van der Waals surface area contributed by atoms with Gasteiger partial charge in [0, 0.05) is 14.1 Å². The van der Waals surface area contributed by atoms with Crippen LogP contribution in [0.25, 0.3) is 10.3 Å². The predicted molar refractivity (Wildman–Crippen MR) is 52.4 cm³/mol. The van der Waals surface area contributed by atoms with Crippen LogP contribution in [0.4, 0.5) is 5.13 Å². The van der Waals surface area contributed by atoms with E-state index in [2.05, 4.69) is 15.0 Å². The second kappa shape index (κ2) is 2.81. The number of hydrogen-bond donors (Lipinski definition) is 1. The highest BCUT2D eigenvalue weighted by atomic mass is 32.1. The molecule has 2 aromatic rings. The highest BCUT2D eigenvalue weighted by molar-refractivity contribution is 7.22. The summed E-state index contributed by atoms with van der Waals surface area (Å²) < 4.78 is 0.575. The van der Waals surface area contributed by atoms with E-state index in [4.69, 9.17) is 0 Å². The van der Waals surface area contributed by atoms with E-state index in [1.807, 2.05) is 19.0 Å². The third-order valence-corrected chi connectivity index (χ3v) is 2.78. The van der Waals surface area contributed by atoms with Crippen molar-refractivity contribution in [3.63, 3.8) is 0 Å². The summed E-state index contributed by atoms with van der Waals surface area (Å²) in [6.07, 6.45) is 1.36. The van der Waals surface area contributed by atoms with E-state index in [9.17, 15) is 4.79 Å². The first-order valence-electron chi connectivity index (χ1n) is 3.70.